The molecular weight excluding hydrogens is 409 g/mol. The molecule has 2 aliphatic rings. The normalized spacial score (nSPS) is 21.2. The van der Waals surface area contributed by atoms with E-state index < -0.39 is 23.9 Å². The largest absolute Gasteiger partial charge is 0.444 e. The second kappa shape index (κ2) is 7.76. The highest BCUT2D eigenvalue weighted by molar-refractivity contribution is 5.69. The van der Waals surface area contributed by atoms with E-state index >= 15 is 0 Å². The molecule has 1 amide bonds. The fourth-order valence-corrected chi connectivity index (χ4v) is 4.08. The van der Waals surface area contributed by atoms with Crippen LogP contribution >= 0.6 is 0 Å². The molecule has 8 heteroatoms. The van der Waals surface area contributed by atoms with Crippen molar-refractivity contribution in [2.45, 2.75) is 57.3 Å². The maximum atomic E-state index is 14.7. The van der Waals surface area contributed by atoms with Gasteiger partial charge in [0.15, 0.2) is 0 Å². The summed E-state index contributed by atoms with van der Waals surface area (Å²) in [4.78, 5) is 22.9. The average molecular weight is 438 g/mol. The Kier molecular flexibility index (Phi) is 5.03. The van der Waals surface area contributed by atoms with Crippen LogP contribution < -0.4 is 5.32 Å². The van der Waals surface area contributed by atoms with Gasteiger partial charge in [-0.15, -0.1) is 0 Å². The van der Waals surface area contributed by atoms with Crippen molar-refractivity contribution >= 4 is 17.6 Å². The zero-order valence-corrected chi connectivity index (χ0v) is 18.6. The maximum absolute atomic E-state index is 14.7. The molecule has 2 fully saturated rings. The summed E-state index contributed by atoms with van der Waals surface area (Å²) in [6.07, 6.45) is 4.66. The van der Waals surface area contributed by atoms with Crippen LogP contribution in [0.2, 0.25) is 0 Å². The lowest BCUT2D eigenvalue weighted by molar-refractivity contribution is 0.0283. The number of carbonyl (C=O) groups excluding carboxylic acids is 1. The number of hydrogen-bond donors (Lipinski definition) is 1. The van der Waals surface area contributed by atoms with E-state index in [2.05, 4.69) is 27.4 Å². The second-order valence-electron chi connectivity index (χ2n) is 9.67. The number of rotatable bonds is 4. The number of ether oxygens (including phenoxy) is 1. The Morgan fingerprint density at radius 3 is 2.78 bits per heavy atom. The molecule has 2 atom stereocenters. The van der Waals surface area contributed by atoms with Crippen molar-refractivity contribution in [1.29, 1.82) is 0 Å². The molecule has 0 unspecified atom stereocenters. The molecule has 0 spiro atoms. The van der Waals surface area contributed by atoms with E-state index in [9.17, 15) is 9.18 Å². The first-order valence-electron chi connectivity index (χ1n) is 11.1. The first kappa shape index (κ1) is 20.7. The van der Waals surface area contributed by atoms with Crippen LogP contribution in [-0.4, -0.2) is 56.3 Å². The van der Waals surface area contributed by atoms with Crippen LogP contribution in [-0.2, 0) is 4.74 Å². The van der Waals surface area contributed by atoms with Gasteiger partial charge in [0.2, 0.25) is 0 Å². The van der Waals surface area contributed by atoms with Crippen LogP contribution in [0.4, 0.5) is 15.0 Å². The molecule has 4 heterocycles. The fraction of sp³-hybridized carbons (Fsp3) is 0.458. The summed E-state index contributed by atoms with van der Waals surface area (Å²) in [5.41, 5.74) is 3.25. The molecule has 1 N–H and O–H groups in total. The first-order chi connectivity index (χ1) is 15.3. The lowest BCUT2D eigenvalue weighted by atomic mass is 10.2. The smallest absolute Gasteiger partial charge is 0.410 e. The SMILES string of the molecule is CC(C)(C)OC(=O)N1C[C@H](Nc2cccc(-c3cnc4cc(C5CC5)ccn34)n2)[C@@H](F)C1. The summed E-state index contributed by atoms with van der Waals surface area (Å²) in [5, 5.41) is 3.16. The Labute approximate surface area is 186 Å². The van der Waals surface area contributed by atoms with Crippen LogP contribution in [0, 0.1) is 0 Å². The van der Waals surface area contributed by atoms with E-state index in [1.807, 2.05) is 28.9 Å². The zero-order valence-electron chi connectivity index (χ0n) is 18.6. The lowest BCUT2D eigenvalue weighted by Gasteiger charge is -2.24. The van der Waals surface area contributed by atoms with Gasteiger partial charge < -0.3 is 15.0 Å². The minimum absolute atomic E-state index is 0.00284. The topological polar surface area (TPSA) is 71.8 Å². The van der Waals surface area contributed by atoms with E-state index in [4.69, 9.17) is 4.74 Å². The van der Waals surface area contributed by atoms with Crippen molar-refractivity contribution < 1.29 is 13.9 Å². The van der Waals surface area contributed by atoms with E-state index in [0.29, 0.717) is 11.7 Å². The van der Waals surface area contributed by atoms with Crippen LogP contribution in [0.25, 0.3) is 17.0 Å². The number of pyridine rings is 2. The molecule has 5 rings (SSSR count). The number of nitrogens with one attached hydrogen (secondary N) is 1. The molecule has 0 aromatic carbocycles. The number of likely N-dealkylation sites (tertiary alicyclic amines) is 1. The highest BCUT2D eigenvalue weighted by Crippen LogP contribution is 2.40. The van der Waals surface area contributed by atoms with E-state index in [0.717, 1.165) is 17.0 Å². The summed E-state index contributed by atoms with van der Waals surface area (Å²) >= 11 is 0. The van der Waals surface area contributed by atoms with Crippen LogP contribution in [0.15, 0.2) is 42.7 Å². The molecule has 3 aromatic heterocycles. The minimum Gasteiger partial charge on any atom is -0.444 e. The first-order valence-corrected chi connectivity index (χ1v) is 11.1. The van der Waals surface area contributed by atoms with Gasteiger partial charge >= 0.3 is 6.09 Å². The van der Waals surface area contributed by atoms with E-state index in [-0.39, 0.29) is 13.1 Å². The molecule has 32 heavy (non-hydrogen) atoms. The van der Waals surface area contributed by atoms with Crippen molar-refractivity contribution in [1.82, 2.24) is 19.3 Å². The number of halogens is 1. The van der Waals surface area contributed by atoms with Crippen molar-refractivity contribution in [3.63, 3.8) is 0 Å². The number of anilines is 1. The van der Waals surface area contributed by atoms with Crippen molar-refractivity contribution in [3.8, 4) is 11.4 Å². The molecule has 168 valence electrons. The summed E-state index contributed by atoms with van der Waals surface area (Å²) < 4.78 is 22.0. The number of nitrogens with zero attached hydrogens (tertiary/aromatic N) is 4. The molecular formula is C24H28FN5O2. The highest BCUT2D eigenvalue weighted by Gasteiger charge is 2.37. The standard InChI is InChI=1S/C24H28FN5O2/c1-24(2,3)32-23(31)29-13-17(25)19(14-29)28-21-6-4-5-18(27-21)20-12-26-22-11-16(15-7-8-15)9-10-30(20)22/h4-6,9-12,15,17,19H,7-8,13-14H2,1-3H3,(H,27,28)/t17-,19-/m0/s1. The lowest BCUT2D eigenvalue weighted by Crippen LogP contribution is -2.36. The summed E-state index contributed by atoms with van der Waals surface area (Å²) in [6.45, 7) is 5.62. The van der Waals surface area contributed by atoms with Crippen LogP contribution in [0.5, 0.6) is 0 Å². The number of amides is 1. The van der Waals surface area contributed by atoms with Crippen molar-refractivity contribution in [3.05, 3.63) is 48.3 Å². The second-order valence-corrected chi connectivity index (χ2v) is 9.67. The van der Waals surface area contributed by atoms with Gasteiger partial charge in [-0.25, -0.2) is 19.2 Å². The number of fused-ring (bicyclic) bond motifs is 1. The third-order valence-corrected chi connectivity index (χ3v) is 5.83. The number of aromatic nitrogens is 3. The predicted octanol–water partition coefficient (Wildman–Crippen LogP) is 4.64. The van der Waals surface area contributed by atoms with Gasteiger partial charge in [0.05, 0.1) is 30.2 Å². The van der Waals surface area contributed by atoms with E-state index in [1.165, 1.54) is 23.3 Å². The van der Waals surface area contributed by atoms with Gasteiger partial charge in [-0.1, -0.05) is 6.07 Å². The molecule has 0 radical (unpaired) electrons. The fourth-order valence-electron chi connectivity index (χ4n) is 4.08. The minimum atomic E-state index is -1.20. The Morgan fingerprint density at radius 2 is 2.03 bits per heavy atom. The van der Waals surface area contributed by atoms with Crippen LogP contribution in [0.1, 0.15) is 45.1 Å². The predicted molar refractivity (Wildman–Crippen MR) is 121 cm³/mol. The summed E-state index contributed by atoms with van der Waals surface area (Å²) in [5.74, 6) is 1.23. The monoisotopic (exact) mass is 437 g/mol. The number of hydrogen-bond acceptors (Lipinski definition) is 5. The van der Waals surface area contributed by atoms with Gasteiger partial charge in [0.1, 0.15) is 23.2 Å². The quantitative estimate of drug-likeness (QED) is 0.644. The maximum Gasteiger partial charge on any atom is 0.410 e. The molecule has 0 bridgehead atoms. The Hall–Kier alpha value is -3.16. The van der Waals surface area contributed by atoms with E-state index in [1.54, 1.807) is 26.8 Å². The van der Waals surface area contributed by atoms with Crippen LogP contribution in [0.3, 0.4) is 0 Å². The Bertz CT molecular complexity index is 1150. The third kappa shape index (κ3) is 4.26. The van der Waals surface area contributed by atoms with Crippen molar-refractivity contribution in [2.24, 2.45) is 0 Å². The van der Waals surface area contributed by atoms with Gasteiger partial charge in [-0.2, -0.15) is 0 Å². The number of imidazole rings is 1. The zero-order chi connectivity index (χ0) is 22.5. The molecule has 1 aliphatic carbocycles. The van der Waals surface area contributed by atoms with Gasteiger partial charge in [-0.05, 0) is 69.4 Å². The number of alkyl halides is 1. The molecule has 3 aromatic rings. The van der Waals surface area contributed by atoms with Gasteiger partial charge in [0, 0.05) is 12.7 Å². The summed E-state index contributed by atoms with van der Waals surface area (Å²) in [7, 11) is 0. The molecule has 1 saturated heterocycles. The number of carbonyl (C=O) groups is 1. The Morgan fingerprint density at radius 1 is 1.22 bits per heavy atom. The molecule has 1 aliphatic heterocycles. The molecule has 7 nitrogen and oxygen atoms in total. The third-order valence-electron chi connectivity index (χ3n) is 5.83. The van der Waals surface area contributed by atoms with Gasteiger partial charge in [0.25, 0.3) is 0 Å². The Balaban J connectivity index is 1.31. The summed E-state index contributed by atoms with van der Waals surface area (Å²) in [6, 6.07) is 9.35. The van der Waals surface area contributed by atoms with Gasteiger partial charge in [-0.3, -0.25) is 4.40 Å². The highest BCUT2D eigenvalue weighted by atomic mass is 19.1. The van der Waals surface area contributed by atoms with Crippen molar-refractivity contribution in [2.75, 3.05) is 18.4 Å². The molecule has 1 saturated carbocycles. The average Bonchev–Trinajstić information content (AvgIpc) is 3.40.